The number of carbonyl (C=O) groups excluding carboxylic acids is 1. The van der Waals surface area contributed by atoms with E-state index in [9.17, 15) is 4.79 Å². The monoisotopic (exact) mass is 197 g/mol. The Bertz CT molecular complexity index is 320. The fraction of sp³-hybridized carbons (Fsp3) is 0.556. The molecule has 78 valence electrons. The van der Waals surface area contributed by atoms with E-state index in [4.69, 9.17) is 10.5 Å². The SMILES string of the molecule is CC(=O)OCCCn1nc(N)cc1C. The van der Waals surface area contributed by atoms with E-state index in [1.807, 2.05) is 13.0 Å². The topological polar surface area (TPSA) is 70.1 Å². The summed E-state index contributed by atoms with van der Waals surface area (Å²) in [5.41, 5.74) is 6.53. The van der Waals surface area contributed by atoms with Crippen LogP contribution in [0.1, 0.15) is 19.0 Å². The van der Waals surface area contributed by atoms with E-state index in [-0.39, 0.29) is 5.97 Å². The van der Waals surface area contributed by atoms with E-state index in [1.165, 1.54) is 6.92 Å². The number of ether oxygens (including phenoxy) is 1. The number of carbonyl (C=O) groups is 1. The molecule has 5 nitrogen and oxygen atoms in total. The molecule has 1 heterocycles. The summed E-state index contributed by atoms with van der Waals surface area (Å²) >= 11 is 0. The van der Waals surface area contributed by atoms with Gasteiger partial charge in [-0.05, 0) is 6.92 Å². The fourth-order valence-corrected chi connectivity index (χ4v) is 1.19. The molecule has 14 heavy (non-hydrogen) atoms. The summed E-state index contributed by atoms with van der Waals surface area (Å²) in [4.78, 5) is 10.5. The summed E-state index contributed by atoms with van der Waals surface area (Å²) in [6, 6.07) is 1.81. The molecule has 1 aromatic rings. The first-order valence-electron chi connectivity index (χ1n) is 4.53. The Hall–Kier alpha value is -1.52. The number of rotatable bonds is 4. The number of anilines is 1. The molecule has 0 aromatic carbocycles. The minimum absolute atomic E-state index is 0.248. The molecular formula is C9H15N3O2. The minimum Gasteiger partial charge on any atom is -0.466 e. The average molecular weight is 197 g/mol. The van der Waals surface area contributed by atoms with Crippen molar-refractivity contribution in [2.75, 3.05) is 12.3 Å². The second-order valence-electron chi connectivity index (χ2n) is 3.13. The first-order chi connectivity index (χ1) is 6.59. The number of nitrogens with zero attached hydrogens (tertiary/aromatic N) is 2. The van der Waals surface area contributed by atoms with E-state index in [2.05, 4.69) is 5.10 Å². The van der Waals surface area contributed by atoms with Crippen LogP contribution >= 0.6 is 0 Å². The Labute approximate surface area is 82.8 Å². The molecule has 0 bridgehead atoms. The van der Waals surface area contributed by atoms with Gasteiger partial charge in [0.25, 0.3) is 0 Å². The van der Waals surface area contributed by atoms with Crippen LogP contribution in [0.4, 0.5) is 5.82 Å². The molecule has 0 aliphatic carbocycles. The van der Waals surface area contributed by atoms with Crippen LogP contribution in [0.5, 0.6) is 0 Å². The normalized spacial score (nSPS) is 10.1. The quantitative estimate of drug-likeness (QED) is 0.570. The molecule has 0 radical (unpaired) electrons. The van der Waals surface area contributed by atoms with E-state index in [0.717, 1.165) is 18.7 Å². The highest BCUT2D eigenvalue weighted by Gasteiger charge is 2.00. The zero-order valence-electron chi connectivity index (χ0n) is 8.49. The molecule has 0 spiro atoms. The smallest absolute Gasteiger partial charge is 0.302 e. The minimum atomic E-state index is -0.248. The Morgan fingerprint density at radius 3 is 2.93 bits per heavy atom. The second kappa shape index (κ2) is 4.64. The van der Waals surface area contributed by atoms with Crippen LogP contribution in [0.3, 0.4) is 0 Å². The van der Waals surface area contributed by atoms with Gasteiger partial charge in [-0.15, -0.1) is 0 Å². The van der Waals surface area contributed by atoms with Crippen molar-refractivity contribution in [3.05, 3.63) is 11.8 Å². The van der Waals surface area contributed by atoms with Gasteiger partial charge in [0.15, 0.2) is 0 Å². The summed E-state index contributed by atoms with van der Waals surface area (Å²) in [6.45, 7) is 4.48. The van der Waals surface area contributed by atoms with Gasteiger partial charge in [0.2, 0.25) is 0 Å². The number of aryl methyl sites for hydroxylation is 2. The van der Waals surface area contributed by atoms with Crippen molar-refractivity contribution in [3.63, 3.8) is 0 Å². The molecule has 0 fully saturated rings. The highest BCUT2D eigenvalue weighted by atomic mass is 16.5. The fourth-order valence-electron chi connectivity index (χ4n) is 1.19. The van der Waals surface area contributed by atoms with Crippen molar-refractivity contribution >= 4 is 11.8 Å². The highest BCUT2D eigenvalue weighted by Crippen LogP contribution is 2.04. The number of hydrogen-bond donors (Lipinski definition) is 1. The predicted octanol–water partition coefficient (Wildman–Crippen LogP) is 0.727. The first-order valence-corrected chi connectivity index (χ1v) is 4.53. The van der Waals surface area contributed by atoms with Crippen molar-refractivity contribution < 1.29 is 9.53 Å². The van der Waals surface area contributed by atoms with Crippen LogP contribution in [-0.2, 0) is 16.1 Å². The lowest BCUT2D eigenvalue weighted by molar-refractivity contribution is -0.141. The van der Waals surface area contributed by atoms with Crippen LogP contribution in [0, 0.1) is 6.92 Å². The zero-order valence-corrected chi connectivity index (χ0v) is 8.49. The summed E-state index contributed by atoms with van der Waals surface area (Å²) in [5.74, 6) is 0.275. The molecule has 0 aliphatic heterocycles. The van der Waals surface area contributed by atoms with Crippen molar-refractivity contribution in [2.24, 2.45) is 0 Å². The Balaban J connectivity index is 2.31. The van der Waals surface area contributed by atoms with Gasteiger partial charge < -0.3 is 10.5 Å². The van der Waals surface area contributed by atoms with Gasteiger partial charge in [-0.1, -0.05) is 0 Å². The first kappa shape index (κ1) is 10.6. The number of nitrogen functional groups attached to an aromatic ring is 1. The second-order valence-corrected chi connectivity index (χ2v) is 3.13. The molecule has 0 amide bonds. The van der Waals surface area contributed by atoms with E-state index in [1.54, 1.807) is 4.68 Å². The summed E-state index contributed by atoms with van der Waals surface area (Å²) < 4.78 is 6.60. The van der Waals surface area contributed by atoms with Crippen LogP contribution < -0.4 is 5.73 Å². The lowest BCUT2D eigenvalue weighted by Crippen LogP contribution is -2.07. The Morgan fingerprint density at radius 1 is 1.71 bits per heavy atom. The maximum atomic E-state index is 10.5. The van der Waals surface area contributed by atoms with Gasteiger partial charge in [0.1, 0.15) is 5.82 Å². The van der Waals surface area contributed by atoms with Gasteiger partial charge >= 0.3 is 5.97 Å². The number of aromatic nitrogens is 2. The van der Waals surface area contributed by atoms with Gasteiger partial charge in [-0.2, -0.15) is 5.10 Å². The zero-order chi connectivity index (χ0) is 10.6. The van der Waals surface area contributed by atoms with Gasteiger partial charge in [0, 0.05) is 31.6 Å². The molecule has 5 heteroatoms. The largest absolute Gasteiger partial charge is 0.466 e. The maximum Gasteiger partial charge on any atom is 0.302 e. The Kier molecular flexibility index (Phi) is 3.50. The summed E-state index contributed by atoms with van der Waals surface area (Å²) in [5, 5.41) is 4.08. The van der Waals surface area contributed by atoms with Crippen LogP contribution in [0.15, 0.2) is 6.07 Å². The third-order valence-electron chi connectivity index (χ3n) is 1.82. The molecule has 0 saturated heterocycles. The summed E-state index contributed by atoms with van der Waals surface area (Å²) in [6.07, 6.45) is 0.752. The van der Waals surface area contributed by atoms with Gasteiger partial charge in [-0.25, -0.2) is 0 Å². The lowest BCUT2D eigenvalue weighted by Gasteiger charge is -2.04. The van der Waals surface area contributed by atoms with Crippen molar-refractivity contribution in [1.29, 1.82) is 0 Å². The van der Waals surface area contributed by atoms with Crippen molar-refractivity contribution in [1.82, 2.24) is 9.78 Å². The molecule has 1 rings (SSSR count). The van der Waals surface area contributed by atoms with Gasteiger partial charge in [-0.3, -0.25) is 9.48 Å². The third-order valence-corrected chi connectivity index (χ3v) is 1.82. The molecule has 1 aromatic heterocycles. The van der Waals surface area contributed by atoms with E-state index >= 15 is 0 Å². The molecule has 0 aliphatic rings. The molecule has 2 N–H and O–H groups in total. The molecule has 0 saturated carbocycles. The lowest BCUT2D eigenvalue weighted by atomic mass is 10.4. The molecule has 0 unspecified atom stereocenters. The standard InChI is InChI=1S/C9H15N3O2/c1-7-6-9(10)11-12(7)4-3-5-14-8(2)13/h6H,3-5H2,1-2H3,(H2,10,11). The predicted molar refractivity (Wildman–Crippen MR) is 52.6 cm³/mol. The van der Waals surface area contributed by atoms with Crippen LogP contribution in [-0.4, -0.2) is 22.4 Å². The average Bonchev–Trinajstić information content (AvgIpc) is 2.39. The Morgan fingerprint density at radius 2 is 2.43 bits per heavy atom. The number of nitrogens with two attached hydrogens (primary N) is 1. The highest BCUT2D eigenvalue weighted by molar-refractivity contribution is 5.65. The van der Waals surface area contributed by atoms with E-state index in [0.29, 0.717) is 12.4 Å². The van der Waals surface area contributed by atoms with Crippen LogP contribution in [0.2, 0.25) is 0 Å². The molecular weight excluding hydrogens is 182 g/mol. The number of hydrogen-bond acceptors (Lipinski definition) is 4. The van der Waals surface area contributed by atoms with Gasteiger partial charge in [0.05, 0.1) is 6.61 Å². The number of esters is 1. The van der Waals surface area contributed by atoms with Crippen LogP contribution in [0.25, 0.3) is 0 Å². The molecule has 0 atom stereocenters. The maximum absolute atomic E-state index is 10.5. The third kappa shape index (κ3) is 3.08. The summed E-state index contributed by atoms with van der Waals surface area (Å²) in [7, 11) is 0. The van der Waals surface area contributed by atoms with Crippen molar-refractivity contribution in [2.45, 2.75) is 26.8 Å². The van der Waals surface area contributed by atoms with E-state index < -0.39 is 0 Å². The van der Waals surface area contributed by atoms with Crippen molar-refractivity contribution in [3.8, 4) is 0 Å².